The van der Waals surface area contributed by atoms with Crippen LogP contribution in [0.15, 0.2) is 152 Å². The molecule has 7 heteroatoms. The van der Waals surface area contributed by atoms with Crippen molar-refractivity contribution < 1.29 is 6.11 Å². The predicted molar refractivity (Wildman–Crippen MR) is 329 cm³/mol. The number of rotatable bonds is 13. The Kier molecular flexibility index (Phi) is 14.2. The van der Waals surface area contributed by atoms with E-state index in [4.69, 9.17) is 11.1 Å². The number of hydrogen-bond acceptors (Lipinski definition) is 6. The van der Waals surface area contributed by atoms with E-state index in [1.165, 1.54) is 50.3 Å². The SMILES string of the molecule is [2H]C(C)(C)c1ncc(-c2cc(C(C)C)c(N3c4ccccc4NC3c3cc(Oc4cc(-c5nc6ccccc6n5-c5c(C(C)C)cc(-c6ccccc6)cc5C(C)C)cc(C(C)(C)C)c4)cc(C(C)(C)C)c3)c(C(C)C)c2)cn1. The monoisotopic (exact) mass is 1030 g/mol. The fraction of sp³-hybridized carbons (Fsp3) is 0.338. The average Bonchev–Trinajstić information content (AvgIpc) is 4.21. The van der Waals surface area contributed by atoms with Crippen LogP contribution in [0.3, 0.4) is 0 Å². The lowest BCUT2D eigenvalue weighted by Crippen LogP contribution is -2.27. The van der Waals surface area contributed by atoms with Gasteiger partial charge in [0, 0.05) is 30.8 Å². The van der Waals surface area contributed by atoms with E-state index in [1.54, 1.807) is 0 Å². The molecule has 0 spiro atoms. The van der Waals surface area contributed by atoms with Crippen molar-refractivity contribution in [3.05, 3.63) is 197 Å². The molecule has 0 saturated carbocycles. The zero-order chi connectivity index (χ0) is 56.5. The second kappa shape index (κ2) is 21.0. The number of ether oxygens (including phenoxy) is 1. The molecule has 0 fully saturated rings. The maximum Gasteiger partial charge on any atom is 0.145 e. The summed E-state index contributed by atoms with van der Waals surface area (Å²) in [5.74, 6) is 2.89. The van der Waals surface area contributed by atoms with Crippen molar-refractivity contribution in [3.8, 4) is 50.8 Å². The number of benzene rings is 7. The van der Waals surface area contributed by atoms with Gasteiger partial charge in [0.2, 0.25) is 0 Å². The van der Waals surface area contributed by atoms with Gasteiger partial charge in [-0.25, -0.2) is 15.0 Å². The van der Waals surface area contributed by atoms with Gasteiger partial charge in [-0.1, -0.05) is 171 Å². The van der Waals surface area contributed by atoms with Crippen LogP contribution in [-0.4, -0.2) is 19.5 Å². The minimum atomic E-state index is -0.888. The second-order valence-corrected chi connectivity index (χ2v) is 25.1. The molecule has 9 aromatic rings. The van der Waals surface area contributed by atoms with Crippen LogP contribution in [0, 0.1) is 0 Å². The number of imidazole rings is 1. The first-order valence-electron chi connectivity index (χ1n) is 28.7. The average molecular weight is 1030 g/mol. The van der Waals surface area contributed by atoms with E-state index in [0.717, 1.165) is 67.5 Å². The molecule has 78 heavy (non-hydrogen) atoms. The summed E-state index contributed by atoms with van der Waals surface area (Å²) in [6, 6.07) is 51.1. The fourth-order valence-corrected chi connectivity index (χ4v) is 11.1. The lowest BCUT2D eigenvalue weighted by molar-refractivity contribution is 0.473. The van der Waals surface area contributed by atoms with Crippen LogP contribution in [0.5, 0.6) is 11.5 Å². The molecule has 2 aromatic heterocycles. The summed E-state index contributed by atoms with van der Waals surface area (Å²) in [4.78, 5) is 17.4. The third-order valence-electron chi connectivity index (χ3n) is 15.5. The number of hydrogen-bond donors (Lipinski definition) is 1. The first-order valence-corrected chi connectivity index (χ1v) is 28.2. The minimum absolute atomic E-state index is 0.188. The Labute approximate surface area is 466 Å². The molecule has 7 aromatic carbocycles. The van der Waals surface area contributed by atoms with Crippen molar-refractivity contribution in [1.82, 2.24) is 19.5 Å². The van der Waals surface area contributed by atoms with E-state index < -0.39 is 5.89 Å². The summed E-state index contributed by atoms with van der Waals surface area (Å²) in [7, 11) is 0. The molecule has 1 N–H and O–H groups in total. The molecule has 10 rings (SSSR count). The van der Waals surface area contributed by atoms with Crippen LogP contribution >= 0.6 is 0 Å². The maximum atomic E-state index is 8.55. The Morgan fingerprint density at radius 2 is 1.03 bits per heavy atom. The van der Waals surface area contributed by atoms with Crippen LogP contribution in [-0.2, 0) is 10.8 Å². The highest BCUT2D eigenvalue weighted by molar-refractivity contribution is 5.88. The van der Waals surface area contributed by atoms with Crippen LogP contribution in [0.2, 0.25) is 0 Å². The third kappa shape index (κ3) is 10.5. The second-order valence-electron chi connectivity index (χ2n) is 25.1. The Hall–Kier alpha value is -7.51. The van der Waals surface area contributed by atoms with Gasteiger partial charge in [-0.05, 0) is 169 Å². The number of nitrogens with zero attached hydrogens (tertiary/aromatic N) is 5. The fourth-order valence-electron chi connectivity index (χ4n) is 11.1. The summed E-state index contributed by atoms with van der Waals surface area (Å²) in [5.41, 5.74) is 20.1. The lowest BCUT2D eigenvalue weighted by atomic mass is 9.85. The first kappa shape index (κ1) is 52.5. The first-order chi connectivity index (χ1) is 37.3. The molecule has 1 aliphatic rings. The van der Waals surface area contributed by atoms with E-state index in [1.807, 2.05) is 26.2 Å². The molecule has 0 radical (unpaired) electrons. The standard InChI is InChI=1S/C71H80N6O/c1-42(2)57-34-48(47-24-18-17-19-25-47)35-58(43(3)4)65(57)76-63-28-22-20-26-61(63)74-68(76)50-30-53(70(11,12)13)38-55(32-50)78-56-33-51(31-54(39-56)71(14,15)16)69-75-62-27-21-23-29-64(62)77(69)66-59(44(5)6)36-49(37-60(66)45(7)8)52-40-72-67(46(9)10)73-41-52/h17-46,69,75H,1-16H3/i46D. The van der Waals surface area contributed by atoms with E-state index in [0.29, 0.717) is 5.82 Å². The topological polar surface area (TPSA) is 68.1 Å². The smallest absolute Gasteiger partial charge is 0.145 e. The number of para-hydroxylation sites is 4. The molecule has 0 bridgehead atoms. The highest BCUT2D eigenvalue weighted by Crippen LogP contribution is 2.52. The summed E-state index contributed by atoms with van der Waals surface area (Å²) < 4.78 is 18.3. The van der Waals surface area contributed by atoms with Crippen molar-refractivity contribution in [2.45, 2.75) is 157 Å². The highest BCUT2D eigenvalue weighted by atomic mass is 16.5. The third-order valence-corrected chi connectivity index (χ3v) is 15.5. The maximum absolute atomic E-state index is 8.55. The summed E-state index contributed by atoms with van der Waals surface area (Å²) in [6.07, 6.45) is 3.49. The predicted octanol–water partition coefficient (Wildman–Crippen LogP) is 20.1. The summed E-state index contributed by atoms with van der Waals surface area (Å²) in [6.45, 7) is 35.7. The van der Waals surface area contributed by atoms with E-state index in [-0.39, 0.29) is 40.7 Å². The van der Waals surface area contributed by atoms with Gasteiger partial charge in [0.25, 0.3) is 0 Å². The zero-order valence-electron chi connectivity index (χ0n) is 50.0. The molecule has 0 saturated heterocycles. The summed E-state index contributed by atoms with van der Waals surface area (Å²) in [5, 5.41) is 4.02. The minimum Gasteiger partial charge on any atom is -0.457 e. The molecule has 1 unspecified atom stereocenters. The Morgan fingerprint density at radius 3 is 1.60 bits per heavy atom. The van der Waals surface area contributed by atoms with Crippen LogP contribution in [0.25, 0.3) is 50.4 Å². The van der Waals surface area contributed by atoms with Gasteiger partial charge < -0.3 is 15.0 Å². The normalized spacial score (nSPS) is 14.2. The molecule has 0 aliphatic carbocycles. The van der Waals surface area contributed by atoms with Crippen molar-refractivity contribution in [3.63, 3.8) is 0 Å². The van der Waals surface area contributed by atoms with Crippen molar-refractivity contribution in [2.24, 2.45) is 0 Å². The van der Waals surface area contributed by atoms with Gasteiger partial charge in [0.1, 0.15) is 29.3 Å². The molecule has 1 aliphatic heterocycles. The molecular weight excluding hydrogens is 953 g/mol. The molecule has 400 valence electrons. The van der Waals surface area contributed by atoms with Gasteiger partial charge in [0.15, 0.2) is 0 Å². The van der Waals surface area contributed by atoms with E-state index in [9.17, 15) is 0 Å². The van der Waals surface area contributed by atoms with Gasteiger partial charge in [-0.3, -0.25) is 4.57 Å². The van der Waals surface area contributed by atoms with Crippen molar-refractivity contribution in [2.75, 3.05) is 10.2 Å². The molecular formula is C71H80N6O. The number of fused-ring (bicyclic) bond motifs is 2. The van der Waals surface area contributed by atoms with Gasteiger partial charge >= 0.3 is 0 Å². The Morgan fingerprint density at radius 1 is 0.513 bits per heavy atom. The van der Waals surface area contributed by atoms with Crippen LogP contribution in [0.4, 0.5) is 17.1 Å². The Balaban J connectivity index is 1.13. The highest BCUT2D eigenvalue weighted by Gasteiger charge is 2.36. The quantitative estimate of drug-likeness (QED) is 0.124. The molecule has 0 amide bonds. The van der Waals surface area contributed by atoms with Gasteiger partial charge in [-0.15, -0.1) is 0 Å². The number of anilines is 3. The molecule has 1 atom stereocenters. The molecule has 3 heterocycles. The van der Waals surface area contributed by atoms with Crippen LogP contribution in [0.1, 0.15) is 193 Å². The Bertz CT molecular complexity index is 3640. The number of aromatic nitrogens is 4. The van der Waals surface area contributed by atoms with Crippen LogP contribution < -0.4 is 15.0 Å². The zero-order valence-corrected chi connectivity index (χ0v) is 49.0. The largest absolute Gasteiger partial charge is 0.457 e. The van der Waals surface area contributed by atoms with Gasteiger partial charge in [0.05, 0.1) is 33.8 Å². The molecule has 7 nitrogen and oxygen atoms in total. The van der Waals surface area contributed by atoms with Gasteiger partial charge in [-0.2, -0.15) is 0 Å². The van der Waals surface area contributed by atoms with E-state index >= 15 is 0 Å². The van der Waals surface area contributed by atoms with Crippen molar-refractivity contribution in [1.29, 1.82) is 0 Å². The number of nitrogens with one attached hydrogen (secondary N) is 1. The van der Waals surface area contributed by atoms with Crippen molar-refractivity contribution >= 4 is 28.1 Å². The summed E-state index contributed by atoms with van der Waals surface area (Å²) >= 11 is 0. The lowest BCUT2D eigenvalue weighted by Gasteiger charge is -2.34. The van der Waals surface area contributed by atoms with E-state index in [2.05, 4.69) is 261 Å².